The minimum Gasteiger partial charge on any atom is -0.360 e. The molecule has 1 saturated heterocycles. The Labute approximate surface area is 145 Å². The Morgan fingerprint density at radius 3 is 2.68 bits per heavy atom. The molecule has 3 heterocycles. The van der Waals surface area contributed by atoms with E-state index >= 15 is 0 Å². The quantitative estimate of drug-likeness (QED) is 0.837. The average molecular weight is 346 g/mol. The summed E-state index contributed by atoms with van der Waals surface area (Å²) in [5.41, 5.74) is 0.140. The van der Waals surface area contributed by atoms with Gasteiger partial charge in [0.25, 0.3) is 5.56 Å². The summed E-state index contributed by atoms with van der Waals surface area (Å²) in [6.07, 6.45) is 4.35. The van der Waals surface area contributed by atoms with Gasteiger partial charge in [-0.25, -0.2) is 9.61 Å². The summed E-state index contributed by atoms with van der Waals surface area (Å²) >= 11 is 0. The zero-order valence-electron chi connectivity index (χ0n) is 14.7. The summed E-state index contributed by atoms with van der Waals surface area (Å²) in [7, 11) is 2.01. The summed E-state index contributed by atoms with van der Waals surface area (Å²) in [6, 6.07) is 0. The lowest BCUT2D eigenvalue weighted by molar-refractivity contribution is -0.128. The minimum atomic E-state index is -0.811. The Balaban J connectivity index is 1.90. The monoisotopic (exact) mass is 346 g/mol. The van der Waals surface area contributed by atoms with Crippen molar-refractivity contribution >= 4 is 11.6 Å². The fourth-order valence-electron chi connectivity index (χ4n) is 3.20. The van der Waals surface area contributed by atoms with Crippen LogP contribution in [0.2, 0.25) is 0 Å². The molecule has 0 spiro atoms. The smallest absolute Gasteiger partial charge is 0.294 e. The van der Waals surface area contributed by atoms with Crippen molar-refractivity contribution in [2.45, 2.75) is 38.8 Å². The molecule has 134 valence electrons. The zero-order valence-corrected chi connectivity index (χ0v) is 14.7. The zero-order chi connectivity index (χ0) is 18.0. The summed E-state index contributed by atoms with van der Waals surface area (Å²) in [5, 5.41) is 10.5. The number of carbonyl (C=O) groups excluding carboxylic acids is 1. The summed E-state index contributed by atoms with van der Waals surface area (Å²) in [4.78, 5) is 31.6. The number of anilines is 1. The highest BCUT2D eigenvalue weighted by Crippen LogP contribution is 2.29. The van der Waals surface area contributed by atoms with Crippen LogP contribution in [0.25, 0.3) is 0 Å². The van der Waals surface area contributed by atoms with Crippen molar-refractivity contribution in [3.05, 3.63) is 34.1 Å². The van der Waals surface area contributed by atoms with Crippen LogP contribution in [0.1, 0.15) is 31.2 Å². The van der Waals surface area contributed by atoms with Crippen LogP contribution < -0.4 is 10.9 Å². The van der Waals surface area contributed by atoms with Gasteiger partial charge in [0, 0.05) is 25.5 Å². The highest BCUT2D eigenvalue weighted by molar-refractivity contribution is 5.84. The molecule has 1 aliphatic heterocycles. The molecular formula is C16H22N6O3. The van der Waals surface area contributed by atoms with E-state index in [2.05, 4.69) is 30.1 Å². The molecule has 25 heavy (non-hydrogen) atoms. The van der Waals surface area contributed by atoms with Crippen LogP contribution in [-0.4, -0.2) is 50.7 Å². The molecular weight excluding hydrogens is 324 g/mol. The van der Waals surface area contributed by atoms with Gasteiger partial charge in [-0.2, -0.15) is 0 Å². The number of hydrogen-bond donors (Lipinski definition) is 1. The van der Waals surface area contributed by atoms with Gasteiger partial charge in [-0.15, -0.1) is 0 Å². The molecule has 0 aliphatic carbocycles. The number of hydrogen-bond acceptors (Lipinski definition) is 8. The summed E-state index contributed by atoms with van der Waals surface area (Å²) in [5.74, 6) is 0.181. The van der Waals surface area contributed by atoms with Crippen molar-refractivity contribution in [1.82, 2.24) is 24.8 Å². The van der Waals surface area contributed by atoms with E-state index in [4.69, 9.17) is 0 Å². The number of Topliss-reactive ketones (excluding diaryl/α,β-unsaturated/α-hetero) is 1. The molecule has 0 radical (unpaired) electrons. The maximum Gasteiger partial charge on any atom is 0.294 e. The number of piperidine rings is 1. The second-order valence-corrected chi connectivity index (χ2v) is 6.49. The van der Waals surface area contributed by atoms with Gasteiger partial charge in [0.05, 0.1) is 6.54 Å². The lowest BCUT2D eigenvalue weighted by Gasteiger charge is -2.40. The van der Waals surface area contributed by atoms with Gasteiger partial charge in [0.2, 0.25) is 0 Å². The molecule has 0 amide bonds. The molecule has 0 unspecified atom stereocenters. The highest BCUT2D eigenvalue weighted by atomic mass is 16.6. The van der Waals surface area contributed by atoms with Crippen molar-refractivity contribution in [1.29, 1.82) is 0 Å². The Kier molecular flexibility index (Phi) is 4.67. The number of rotatable bonds is 5. The van der Waals surface area contributed by atoms with Gasteiger partial charge >= 0.3 is 0 Å². The van der Waals surface area contributed by atoms with Crippen LogP contribution in [0.4, 0.5) is 5.82 Å². The standard InChI is InChI=1S/C16H22N6O3/c1-11-13(20-25-19-11)10-18-14-15(24)22(9-6-17-14)16(12(2)23)4-7-21(3)8-5-16/h6,9H,4-5,7-8,10H2,1-3H3,(H,17,18). The predicted molar refractivity (Wildman–Crippen MR) is 90.2 cm³/mol. The molecule has 0 bridgehead atoms. The van der Waals surface area contributed by atoms with E-state index in [0.717, 1.165) is 13.1 Å². The number of nitrogens with zero attached hydrogens (tertiary/aromatic N) is 5. The van der Waals surface area contributed by atoms with Crippen LogP contribution >= 0.6 is 0 Å². The van der Waals surface area contributed by atoms with Gasteiger partial charge in [-0.3, -0.25) is 14.2 Å². The van der Waals surface area contributed by atoms with Gasteiger partial charge < -0.3 is 10.2 Å². The number of aromatic nitrogens is 4. The van der Waals surface area contributed by atoms with Gasteiger partial charge in [0.15, 0.2) is 11.6 Å². The molecule has 2 aromatic rings. The molecule has 1 N–H and O–H groups in total. The average Bonchev–Trinajstić information content (AvgIpc) is 3.00. The van der Waals surface area contributed by atoms with Crippen LogP contribution in [0.5, 0.6) is 0 Å². The van der Waals surface area contributed by atoms with Gasteiger partial charge in [-0.05, 0) is 33.7 Å². The predicted octanol–water partition coefficient (Wildman–Crippen LogP) is 0.557. The molecule has 2 aromatic heterocycles. The van der Waals surface area contributed by atoms with E-state index in [1.807, 2.05) is 7.05 Å². The van der Waals surface area contributed by atoms with E-state index in [-0.39, 0.29) is 23.7 Å². The molecule has 9 nitrogen and oxygen atoms in total. The van der Waals surface area contributed by atoms with Crippen LogP contribution in [0, 0.1) is 6.92 Å². The fraction of sp³-hybridized carbons (Fsp3) is 0.562. The second kappa shape index (κ2) is 6.75. The van der Waals surface area contributed by atoms with E-state index in [1.54, 1.807) is 26.2 Å². The van der Waals surface area contributed by atoms with Crippen molar-refractivity contribution in [2.24, 2.45) is 0 Å². The molecule has 1 aliphatic rings. The third kappa shape index (κ3) is 3.19. The first kappa shape index (κ1) is 17.3. The number of aryl methyl sites for hydroxylation is 1. The van der Waals surface area contributed by atoms with E-state index in [9.17, 15) is 9.59 Å². The lowest BCUT2D eigenvalue weighted by atomic mass is 9.83. The molecule has 0 aromatic carbocycles. The van der Waals surface area contributed by atoms with E-state index in [0.29, 0.717) is 24.2 Å². The van der Waals surface area contributed by atoms with Crippen molar-refractivity contribution < 1.29 is 9.42 Å². The first-order valence-electron chi connectivity index (χ1n) is 8.24. The maximum atomic E-state index is 12.9. The Bertz CT molecular complexity index is 819. The SMILES string of the molecule is CC(=O)C1(n2ccnc(NCc3nonc3C)c2=O)CCN(C)CC1. The largest absolute Gasteiger partial charge is 0.360 e. The third-order valence-corrected chi connectivity index (χ3v) is 4.94. The topological polar surface area (TPSA) is 106 Å². The first-order chi connectivity index (χ1) is 11.9. The van der Waals surface area contributed by atoms with Crippen LogP contribution in [0.15, 0.2) is 21.8 Å². The third-order valence-electron chi connectivity index (χ3n) is 4.94. The van der Waals surface area contributed by atoms with Crippen LogP contribution in [0.3, 0.4) is 0 Å². The molecule has 9 heteroatoms. The molecule has 0 atom stereocenters. The molecule has 0 saturated carbocycles. The number of nitrogens with one attached hydrogen (secondary N) is 1. The summed E-state index contributed by atoms with van der Waals surface area (Å²) in [6.45, 7) is 5.13. The van der Waals surface area contributed by atoms with E-state index < -0.39 is 5.54 Å². The van der Waals surface area contributed by atoms with Gasteiger partial charge in [0.1, 0.15) is 16.9 Å². The first-order valence-corrected chi connectivity index (χ1v) is 8.24. The summed E-state index contributed by atoms with van der Waals surface area (Å²) < 4.78 is 6.18. The molecule has 1 fully saturated rings. The van der Waals surface area contributed by atoms with Crippen molar-refractivity contribution in [2.75, 3.05) is 25.5 Å². The Morgan fingerprint density at radius 2 is 2.08 bits per heavy atom. The Morgan fingerprint density at radius 1 is 1.36 bits per heavy atom. The van der Waals surface area contributed by atoms with Crippen LogP contribution in [-0.2, 0) is 16.9 Å². The Hall–Kier alpha value is -2.55. The second-order valence-electron chi connectivity index (χ2n) is 6.49. The highest BCUT2D eigenvalue weighted by Gasteiger charge is 2.40. The van der Waals surface area contributed by atoms with Crippen molar-refractivity contribution in [3.63, 3.8) is 0 Å². The number of carbonyl (C=O) groups is 1. The lowest BCUT2D eigenvalue weighted by Crippen LogP contribution is -2.53. The number of ketones is 1. The minimum absolute atomic E-state index is 0.00334. The number of likely N-dealkylation sites (tertiary alicyclic amines) is 1. The molecule has 3 rings (SSSR count). The normalized spacial score (nSPS) is 17.4. The fourth-order valence-corrected chi connectivity index (χ4v) is 3.20. The van der Waals surface area contributed by atoms with Crippen molar-refractivity contribution in [3.8, 4) is 0 Å². The maximum absolute atomic E-state index is 12.9. The van der Waals surface area contributed by atoms with Gasteiger partial charge in [-0.1, -0.05) is 10.3 Å². The van der Waals surface area contributed by atoms with E-state index in [1.165, 1.54) is 4.57 Å².